The van der Waals surface area contributed by atoms with E-state index in [1.165, 1.54) is 11.3 Å². The number of thiophene rings is 1. The molecule has 1 amide bonds. The third-order valence-corrected chi connectivity index (χ3v) is 6.41. The zero-order chi connectivity index (χ0) is 21.5. The number of anilines is 2. The molecule has 0 unspecified atom stereocenters. The normalized spacial score (nSPS) is 11.3. The van der Waals surface area contributed by atoms with E-state index in [1.54, 1.807) is 15.9 Å². The summed E-state index contributed by atoms with van der Waals surface area (Å²) in [5.74, 6) is 0.272. The molecule has 0 fully saturated rings. The molecule has 0 saturated heterocycles. The quantitative estimate of drug-likeness (QED) is 0.445. The van der Waals surface area contributed by atoms with Gasteiger partial charge in [0.05, 0.1) is 16.8 Å². The molecule has 3 N–H and O–H groups in total. The molecular formula is C22H18N6O2S. The van der Waals surface area contributed by atoms with Crippen LogP contribution in [0, 0.1) is 6.92 Å². The second-order valence-corrected chi connectivity index (χ2v) is 8.13. The van der Waals surface area contributed by atoms with Gasteiger partial charge in [-0.15, -0.1) is 21.5 Å². The summed E-state index contributed by atoms with van der Waals surface area (Å²) in [6, 6.07) is 19.2. The van der Waals surface area contributed by atoms with E-state index in [2.05, 4.69) is 15.5 Å². The molecule has 5 rings (SSSR count). The predicted octanol–water partition coefficient (Wildman–Crippen LogP) is 3.30. The van der Waals surface area contributed by atoms with Gasteiger partial charge in [0, 0.05) is 5.69 Å². The molecule has 2 aromatic carbocycles. The number of nitrogens with two attached hydrogens (primary N) is 1. The summed E-state index contributed by atoms with van der Waals surface area (Å²) in [4.78, 5) is 26.4. The highest BCUT2D eigenvalue weighted by molar-refractivity contribution is 7.20. The Morgan fingerprint density at radius 2 is 1.74 bits per heavy atom. The lowest BCUT2D eigenvalue weighted by Gasteiger charge is -2.10. The first-order valence-corrected chi connectivity index (χ1v) is 10.4. The summed E-state index contributed by atoms with van der Waals surface area (Å²) in [5, 5.41) is 12.3. The lowest BCUT2D eigenvalue weighted by Crippen LogP contribution is -2.24. The number of benzene rings is 2. The summed E-state index contributed by atoms with van der Waals surface area (Å²) in [7, 11) is 0. The minimum atomic E-state index is -0.563. The fraction of sp³-hybridized carbons (Fsp3) is 0.0909. The number of hydrogen-bond acceptors (Lipinski definition) is 6. The maximum absolute atomic E-state index is 13.5. The van der Waals surface area contributed by atoms with Crippen LogP contribution in [0.15, 0.2) is 65.5 Å². The molecule has 3 aromatic heterocycles. The highest BCUT2D eigenvalue weighted by Gasteiger charge is 2.23. The van der Waals surface area contributed by atoms with Crippen LogP contribution in [-0.4, -0.2) is 25.1 Å². The summed E-state index contributed by atoms with van der Waals surface area (Å²) in [6.07, 6.45) is 0. The Bertz CT molecular complexity index is 1490. The van der Waals surface area contributed by atoms with Gasteiger partial charge in [0.25, 0.3) is 11.5 Å². The molecule has 0 atom stereocenters. The van der Waals surface area contributed by atoms with Crippen LogP contribution in [0.5, 0.6) is 0 Å². The first-order chi connectivity index (χ1) is 15.0. The molecule has 0 aliphatic carbocycles. The van der Waals surface area contributed by atoms with Crippen molar-refractivity contribution in [2.45, 2.75) is 13.5 Å². The van der Waals surface area contributed by atoms with Crippen molar-refractivity contribution in [2.75, 3.05) is 5.32 Å². The third-order valence-electron chi connectivity index (χ3n) is 5.11. The average molecular weight is 430 g/mol. The van der Waals surface area contributed by atoms with E-state index in [0.717, 1.165) is 11.3 Å². The first kappa shape index (κ1) is 19.0. The highest BCUT2D eigenvalue weighted by Crippen LogP contribution is 2.31. The smallest absolute Gasteiger partial charge is 0.264 e. The molecule has 0 spiro atoms. The molecule has 0 aliphatic heterocycles. The number of nitrogens with one attached hydrogen (secondary N) is 1. The number of primary amides is 1. The number of fused-ring (bicyclic) bond motifs is 3. The molecule has 5 aromatic rings. The molecule has 3 heterocycles. The van der Waals surface area contributed by atoms with Gasteiger partial charge in [-0.3, -0.25) is 14.2 Å². The summed E-state index contributed by atoms with van der Waals surface area (Å²) >= 11 is 1.18. The van der Waals surface area contributed by atoms with Crippen molar-refractivity contribution in [3.63, 3.8) is 0 Å². The van der Waals surface area contributed by atoms with Gasteiger partial charge < -0.3 is 11.1 Å². The first-order valence-electron chi connectivity index (χ1n) is 9.61. The lowest BCUT2D eigenvalue weighted by molar-refractivity contribution is 0.100. The number of carbonyl (C=O) groups excluding carboxylic acids is 1. The van der Waals surface area contributed by atoms with E-state index >= 15 is 0 Å². The van der Waals surface area contributed by atoms with E-state index in [0.29, 0.717) is 38.9 Å². The van der Waals surface area contributed by atoms with Crippen molar-refractivity contribution in [2.24, 2.45) is 5.73 Å². The van der Waals surface area contributed by atoms with Crippen LogP contribution in [0.3, 0.4) is 0 Å². The largest absolute Gasteiger partial charge is 0.365 e. The Labute approximate surface area is 180 Å². The van der Waals surface area contributed by atoms with Crippen LogP contribution in [0.2, 0.25) is 0 Å². The number of para-hydroxylation sites is 1. The molecule has 0 bridgehead atoms. The Morgan fingerprint density at radius 1 is 1.06 bits per heavy atom. The van der Waals surface area contributed by atoms with Gasteiger partial charge in [-0.25, -0.2) is 4.40 Å². The summed E-state index contributed by atoms with van der Waals surface area (Å²) in [5.41, 5.74) is 7.70. The maximum atomic E-state index is 13.5. The fourth-order valence-electron chi connectivity index (χ4n) is 3.65. The minimum Gasteiger partial charge on any atom is -0.365 e. The fourth-order valence-corrected chi connectivity index (χ4v) is 4.80. The molecule has 0 saturated carbocycles. The van der Waals surface area contributed by atoms with Gasteiger partial charge in [0.15, 0.2) is 0 Å². The van der Waals surface area contributed by atoms with Gasteiger partial charge in [0.2, 0.25) is 11.7 Å². The van der Waals surface area contributed by atoms with Crippen LogP contribution < -0.4 is 16.6 Å². The molecule has 8 nitrogen and oxygen atoms in total. The van der Waals surface area contributed by atoms with Crippen molar-refractivity contribution < 1.29 is 4.79 Å². The van der Waals surface area contributed by atoms with E-state index in [-0.39, 0.29) is 5.56 Å². The van der Waals surface area contributed by atoms with Crippen molar-refractivity contribution in [3.05, 3.63) is 87.0 Å². The Balaban J connectivity index is 1.82. The molecule has 154 valence electrons. The molecule has 0 radical (unpaired) electrons. The van der Waals surface area contributed by atoms with Gasteiger partial charge >= 0.3 is 0 Å². The van der Waals surface area contributed by atoms with Crippen molar-refractivity contribution in [1.29, 1.82) is 0 Å². The topological polar surface area (TPSA) is 107 Å². The van der Waals surface area contributed by atoms with Gasteiger partial charge in [0.1, 0.15) is 4.83 Å². The Morgan fingerprint density at radius 3 is 2.42 bits per heavy atom. The van der Waals surface area contributed by atoms with E-state index < -0.39 is 5.91 Å². The number of rotatable bonds is 5. The zero-order valence-corrected chi connectivity index (χ0v) is 17.4. The van der Waals surface area contributed by atoms with Crippen LogP contribution in [0.25, 0.3) is 16.0 Å². The van der Waals surface area contributed by atoms with E-state index in [1.807, 2.05) is 60.7 Å². The maximum Gasteiger partial charge on any atom is 0.264 e. The third kappa shape index (κ3) is 3.15. The van der Waals surface area contributed by atoms with E-state index in [4.69, 9.17) is 5.73 Å². The Hall–Kier alpha value is -3.98. The lowest BCUT2D eigenvalue weighted by atomic mass is 10.2. The van der Waals surface area contributed by atoms with Crippen LogP contribution >= 0.6 is 11.3 Å². The summed E-state index contributed by atoms with van der Waals surface area (Å²) in [6.45, 7) is 2.07. The number of nitrogens with zero attached hydrogens (tertiary/aromatic N) is 4. The average Bonchev–Trinajstić information content (AvgIpc) is 3.34. The van der Waals surface area contributed by atoms with Crippen molar-refractivity contribution in [1.82, 2.24) is 19.2 Å². The molecular weight excluding hydrogens is 412 g/mol. The summed E-state index contributed by atoms with van der Waals surface area (Å²) < 4.78 is 3.35. The molecule has 0 aliphatic rings. The van der Waals surface area contributed by atoms with Crippen molar-refractivity contribution >= 4 is 44.9 Å². The number of amides is 1. The molecule has 31 heavy (non-hydrogen) atoms. The van der Waals surface area contributed by atoms with Gasteiger partial charge in [-0.1, -0.05) is 48.5 Å². The SMILES string of the molecule is Cc1c(C(N)=O)sc2c1c(=O)n(Cc1ccccc1)c1nnc(Nc3ccccc3)n21. The second kappa shape index (κ2) is 7.37. The van der Waals surface area contributed by atoms with Crippen LogP contribution in [0.4, 0.5) is 11.6 Å². The molecule has 9 heteroatoms. The number of carbonyl (C=O) groups is 1. The number of hydrogen-bond donors (Lipinski definition) is 2. The zero-order valence-electron chi connectivity index (χ0n) is 16.6. The van der Waals surface area contributed by atoms with Crippen LogP contribution in [0.1, 0.15) is 20.8 Å². The number of aromatic nitrogens is 4. The van der Waals surface area contributed by atoms with Gasteiger partial charge in [-0.2, -0.15) is 0 Å². The predicted molar refractivity (Wildman–Crippen MR) is 121 cm³/mol. The second-order valence-electron chi connectivity index (χ2n) is 7.13. The van der Waals surface area contributed by atoms with E-state index in [9.17, 15) is 9.59 Å². The van der Waals surface area contributed by atoms with Crippen molar-refractivity contribution in [3.8, 4) is 0 Å². The number of aryl methyl sites for hydroxylation is 1. The monoisotopic (exact) mass is 430 g/mol. The standard InChI is InChI=1S/C22H18N6O2S/c1-13-16-19(30)27(12-14-8-4-2-5-9-14)22-26-25-21(24-15-10-6-3-7-11-15)28(22)20(16)31-17(13)18(23)29/h2-11H,12H2,1H3,(H2,23,29)(H,24,25). The van der Waals surface area contributed by atoms with Crippen LogP contribution in [-0.2, 0) is 6.54 Å². The highest BCUT2D eigenvalue weighted by atomic mass is 32.1. The van der Waals surface area contributed by atoms with Gasteiger partial charge in [-0.05, 0) is 30.2 Å². The minimum absolute atomic E-state index is 0.230. The Kier molecular flexibility index (Phi) is 4.52.